The molecular formula is C53H56F12N6O5. The number of nitrogens with zero attached hydrogens (tertiary/aromatic N) is 4. The van der Waals surface area contributed by atoms with Crippen molar-refractivity contribution in [3.05, 3.63) is 175 Å². The van der Waals surface area contributed by atoms with Gasteiger partial charge in [0, 0.05) is 10.8 Å². The molecule has 4 aromatic carbocycles. The Balaban J connectivity index is 0.000000221. The third-order valence-corrected chi connectivity index (χ3v) is 15.5. The number of alkyl halides is 12. The fraction of sp³-hybridized carbons (Fsp3) is 0.472. The highest BCUT2D eigenvalue weighted by molar-refractivity contribution is 5.36. The highest BCUT2D eigenvalue weighted by Crippen LogP contribution is 2.50. The van der Waals surface area contributed by atoms with E-state index in [1.165, 1.54) is 31.1 Å². The predicted molar refractivity (Wildman–Crippen MR) is 254 cm³/mol. The fourth-order valence-electron chi connectivity index (χ4n) is 10.6. The third kappa shape index (κ3) is 12.5. The molecule has 8 rings (SSSR count). The lowest BCUT2D eigenvalue weighted by atomic mass is 9.63. The highest BCUT2D eigenvalue weighted by Gasteiger charge is 2.48. The minimum absolute atomic E-state index is 0.0115. The van der Waals surface area contributed by atoms with Gasteiger partial charge in [0.15, 0.2) is 0 Å². The first-order valence-electron chi connectivity index (χ1n) is 24.4. The Bertz CT molecular complexity index is 2720. The SMILES string of the molecule is CCC1(n2cn[nH]c2=O)CCC(CO[C@H](C)c2cc(C(F)(F)F)cc(C(F)(F)F)c2)(c2ccccc2)CC1.C[C@@H](OCC1(c2ccccc2)CCC(CO)(n2cn[nH]c2=O)CC1)c1cc(C(F)(F)F)cc(C(F)(F)F)c1. The maximum Gasteiger partial charge on any atom is 0.416 e. The summed E-state index contributed by atoms with van der Waals surface area (Å²) in [6, 6.07) is 21.8. The summed E-state index contributed by atoms with van der Waals surface area (Å²) in [5, 5.41) is 22.6. The topological polar surface area (TPSA) is 140 Å². The lowest BCUT2D eigenvalue weighted by molar-refractivity contribution is -0.145. The zero-order valence-electron chi connectivity index (χ0n) is 41.4. The summed E-state index contributed by atoms with van der Waals surface area (Å²) in [6.07, 6.45) is -14.3. The number of hydrogen-bond donors (Lipinski definition) is 3. The third-order valence-electron chi connectivity index (χ3n) is 15.5. The van der Waals surface area contributed by atoms with Crippen LogP contribution in [-0.4, -0.2) is 54.5 Å². The minimum Gasteiger partial charge on any atom is -0.394 e. The molecule has 0 saturated heterocycles. The van der Waals surface area contributed by atoms with Crippen molar-refractivity contribution in [2.24, 2.45) is 0 Å². The highest BCUT2D eigenvalue weighted by atomic mass is 19.4. The van der Waals surface area contributed by atoms with E-state index >= 15 is 0 Å². The maximum absolute atomic E-state index is 13.4. The van der Waals surface area contributed by atoms with E-state index in [0.29, 0.717) is 82.1 Å². The molecule has 11 nitrogen and oxygen atoms in total. The number of halogens is 12. The molecule has 0 spiro atoms. The van der Waals surface area contributed by atoms with Crippen LogP contribution in [0.4, 0.5) is 52.7 Å². The summed E-state index contributed by atoms with van der Waals surface area (Å²) < 4.78 is 175. The lowest BCUT2D eigenvalue weighted by Gasteiger charge is -2.47. The summed E-state index contributed by atoms with van der Waals surface area (Å²) >= 11 is 0. The Kier molecular flexibility index (Phi) is 16.7. The van der Waals surface area contributed by atoms with Crippen LogP contribution in [-0.2, 0) is 56.1 Å². The van der Waals surface area contributed by atoms with Gasteiger partial charge in [-0.05, 0) is 130 Å². The zero-order valence-corrected chi connectivity index (χ0v) is 41.4. The number of nitrogens with one attached hydrogen (secondary N) is 2. The van der Waals surface area contributed by atoms with E-state index in [-0.39, 0.29) is 48.8 Å². The molecule has 2 aliphatic carbocycles. The smallest absolute Gasteiger partial charge is 0.394 e. The second-order valence-electron chi connectivity index (χ2n) is 19.9. The van der Waals surface area contributed by atoms with Gasteiger partial charge in [-0.15, -0.1) is 0 Å². The van der Waals surface area contributed by atoms with Gasteiger partial charge in [-0.1, -0.05) is 67.6 Å². The van der Waals surface area contributed by atoms with Crippen LogP contribution >= 0.6 is 0 Å². The van der Waals surface area contributed by atoms with Gasteiger partial charge in [0.1, 0.15) is 12.7 Å². The molecule has 2 atom stereocenters. The standard InChI is InChI=1S/C27H29F6N3O2.C26H27F6N3O3/c1-3-25(36-17-34-35-23(36)37)11-9-24(10-12-25,20-7-5-4-6-8-20)16-38-18(2)19-13-21(26(28,29)30)15-22(14-19)27(31,32)33;1-17(18-11-20(25(27,28)29)13-21(12-18)26(30,31)32)38-15-23(19-5-3-2-4-6-19)7-9-24(14-36,10-8-23)35-16-33-34-22(35)37/h4-8,13-15,17-18H,3,9-12,16H2,1-2H3,(H,35,37);2-6,11-13,16-17,36H,7-10,14-15H2,1H3,(H,34,37)/t18-,24?,25?;17-,23?,24?/m11/s1. The summed E-state index contributed by atoms with van der Waals surface area (Å²) in [5.41, 5.74) is -7.38. The first-order chi connectivity index (χ1) is 35.6. The zero-order chi connectivity index (χ0) is 55.5. The minimum atomic E-state index is -4.96. The van der Waals surface area contributed by atoms with Gasteiger partial charge in [0.25, 0.3) is 0 Å². The second-order valence-corrected chi connectivity index (χ2v) is 19.9. The van der Waals surface area contributed by atoms with Crippen molar-refractivity contribution < 1.29 is 67.3 Å². The van der Waals surface area contributed by atoms with E-state index in [9.17, 15) is 67.4 Å². The summed E-state index contributed by atoms with van der Waals surface area (Å²) in [7, 11) is 0. The molecule has 76 heavy (non-hydrogen) atoms. The first-order valence-corrected chi connectivity index (χ1v) is 24.4. The van der Waals surface area contributed by atoms with Crippen LogP contribution in [0.2, 0.25) is 0 Å². The quantitative estimate of drug-likeness (QED) is 0.0923. The Hall–Kier alpha value is -6.20. The van der Waals surface area contributed by atoms with Crippen molar-refractivity contribution in [3.63, 3.8) is 0 Å². The van der Waals surface area contributed by atoms with Crippen molar-refractivity contribution in [2.75, 3.05) is 19.8 Å². The molecule has 2 saturated carbocycles. The average Bonchev–Trinajstić information content (AvgIpc) is 4.05. The molecule has 3 N–H and O–H groups in total. The first kappa shape index (κ1) is 57.5. The average molecular weight is 1090 g/mol. The lowest BCUT2D eigenvalue weighted by Crippen LogP contribution is -2.50. The van der Waals surface area contributed by atoms with Gasteiger partial charge in [-0.25, -0.2) is 19.8 Å². The predicted octanol–water partition coefficient (Wildman–Crippen LogP) is 12.6. The van der Waals surface area contributed by atoms with Gasteiger partial charge in [0.05, 0.1) is 65.4 Å². The van der Waals surface area contributed by atoms with Crippen molar-refractivity contribution in [3.8, 4) is 0 Å². The number of benzene rings is 4. The Morgan fingerprint density at radius 3 is 1.12 bits per heavy atom. The van der Waals surface area contributed by atoms with E-state index in [4.69, 9.17) is 9.47 Å². The van der Waals surface area contributed by atoms with Crippen LogP contribution in [0.25, 0.3) is 0 Å². The van der Waals surface area contributed by atoms with Crippen LogP contribution in [0.15, 0.2) is 119 Å². The number of ether oxygens (including phenoxy) is 2. The van der Waals surface area contributed by atoms with Crippen LogP contribution in [0.3, 0.4) is 0 Å². The van der Waals surface area contributed by atoms with Crippen molar-refractivity contribution in [1.82, 2.24) is 29.5 Å². The van der Waals surface area contributed by atoms with Gasteiger partial charge < -0.3 is 14.6 Å². The molecular weight excluding hydrogens is 1030 g/mol. The summed E-state index contributed by atoms with van der Waals surface area (Å²) in [6.45, 7) is 4.67. The summed E-state index contributed by atoms with van der Waals surface area (Å²) in [4.78, 5) is 24.6. The van der Waals surface area contributed by atoms with Crippen molar-refractivity contribution in [2.45, 2.75) is 137 Å². The number of aliphatic hydroxyl groups excluding tert-OH is 1. The Morgan fingerprint density at radius 2 is 0.842 bits per heavy atom. The van der Waals surface area contributed by atoms with E-state index in [1.54, 1.807) is 4.57 Å². The normalized spacial score (nSPS) is 23.4. The van der Waals surface area contributed by atoms with E-state index in [1.807, 2.05) is 67.6 Å². The van der Waals surface area contributed by atoms with E-state index < -0.39 is 86.8 Å². The van der Waals surface area contributed by atoms with Gasteiger partial charge >= 0.3 is 36.1 Å². The molecule has 0 aliphatic heterocycles. The molecule has 0 bridgehead atoms. The molecule has 2 heterocycles. The maximum atomic E-state index is 13.4. The summed E-state index contributed by atoms with van der Waals surface area (Å²) in [5.74, 6) is 0. The van der Waals surface area contributed by atoms with Gasteiger partial charge in [-0.3, -0.25) is 9.13 Å². The molecule has 0 amide bonds. The Morgan fingerprint density at radius 1 is 0.526 bits per heavy atom. The molecule has 412 valence electrons. The van der Waals surface area contributed by atoms with Crippen molar-refractivity contribution in [1.29, 1.82) is 0 Å². The molecule has 2 fully saturated rings. The number of hydrogen-bond acceptors (Lipinski definition) is 7. The number of aromatic nitrogens is 6. The largest absolute Gasteiger partial charge is 0.416 e. The Labute approximate surface area is 428 Å². The number of rotatable bonds is 14. The van der Waals surface area contributed by atoms with Crippen molar-refractivity contribution >= 4 is 0 Å². The molecule has 6 aromatic rings. The van der Waals surface area contributed by atoms with Gasteiger partial charge in [-0.2, -0.15) is 62.9 Å². The van der Waals surface area contributed by atoms with Crippen LogP contribution < -0.4 is 11.4 Å². The van der Waals surface area contributed by atoms with Crippen LogP contribution in [0.1, 0.15) is 135 Å². The number of H-pyrrole nitrogens is 2. The molecule has 0 unspecified atom stereocenters. The second kappa shape index (κ2) is 22.0. The molecule has 23 heteroatoms. The fourth-order valence-corrected chi connectivity index (χ4v) is 10.6. The van der Waals surface area contributed by atoms with E-state index in [2.05, 4.69) is 20.4 Å². The van der Waals surface area contributed by atoms with E-state index in [0.717, 1.165) is 11.1 Å². The molecule has 2 aromatic heterocycles. The number of aliphatic hydroxyl groups is 1. The van der Waals surface area contributed by atoms with Crippen LogP contribution in [0, 0.1) is 0 Å². The number of aromatic amines is 2. The molecule has 2 aliphatic rings. The van der Waals surface area contributed by atoms with Crippen LogP contribution in [0.5, 0.6) is 0 Å². The monoisotopic (exact) mass is 1080 g/mol. The molecule has 0 radical (unpaired) electrons. The van der Waals surface area contributed by atoms with Gasteiger partial charge in [0.2, 0.25) is 0 Å².